The van der Waals surface area contributed by atoms with Gasteiger partial charge in [0.05, 0.1) is 15.7 Å². The smallest absolute Gasteiger partial charge is 0.236 e. The number of hydrogen-bond acceptors (Lipinski definition) is 3. The van der Waals surface area contributed by atoms with Crippen molar-refractivity contribution >= 4 is 22.4 Å². The fraction of sp³-hybridized carbons (Fsp3) is 0.533. The first-order valence-electron chi connectivity index (χ1n) is 6.97. The second kappa shape index (κ2) is 7.43. The summed E-state index contributed by atoms with van der Waals surface area (Å²) in [5.41, 5.74) is 7.38. The lowest BCUT2D eigenvalue weighted by molar-refractivity contribution is -0.121. The fourth-order valence-electron chi connectivity index (χ4n) is 1.95. The normalized spacial score (nSPS) is 14.1. The van der Waals surface area contributed by atoms with E-state index in [1.165, 1.54) is 0 Å². The van der Waals surface area contributed by atoms with Crippen molar-refractivity contribution < 1.29 is 9.00 Å². The molecule has 112 valence electrons. The minimum absolute atomic E-state index is 0.136. The van der Waals surface area contributed by atoms with Gasteiger partial charge in [-0.2, -0.15) is 0 Å². The number of hydrogen-bond donors (Lipinski definition) is 2. The molecule has 0 bridgehead atoms. The third-order valence-corrected chi connectivity index (χ3v) is 5.07. The number of nitrogens with one attached hydrogen (secondary N) is 1. The van der Waals surface area contributed by atoms with Crippen LogP contribution in [0.1, 0.15) is 39.2 Å². The van der Waals surface area contributed by atoms with Crippen LogP contribution < -0.4 is 11.1 Å². The number of carbonyl (C=O) groups is 1. The van der Waals surface area contributed by atoms with Crippen molar-refractivity contribution in [3.63, 3.8) is 0 Å². The van der Waals surface area contributed by atoms with Crippen molar-refractivity contribution in [3.05, 3.63) is 23.8 Å². The van der Waals surface area contributed by atoms with E-state index < -0.39 is 16.0 Å². The summed E-state index contributed by atoms with van der Waals surface area (Å²) in [5.74, 6) is -0.183. The summed E-state index contributed by atoms with van der Waals surface area (Å²) in [7, 11) is -1.44. The average molecular weight is 296 g/mol. The zero-order valence-corrected chi connectivity index (χ0v) is 13.4. The van der Waals surface area contributed by atoms with Crippen LogP contribution in [0.15, 0.2) is 23.1 Å². The molecule has 3 N–H and O–H groups in total. The second-order valence-corrected chi connectivity index (χ2v) is 6.74. The number of carbonyl (C=O) groups excluding carboxylic acids is 1. The van der Waals surface area contributed by atoms with Gasteiger partial charge in [-0.1, -0.05) is 19.9 Å². The number of anilines is 1. The topological polar surface area (TPSA) is 72.2 Å². The molecule has 2 atom stereocenters. The largest absolute Gasteiger partial charge is 0.398 e. The maximum absolute atomic E-state index is 12.4. The Hall–Kier alpha value is -1.36. The molecule has 20 heavy (non-hydrogen) atoms. The molecule has 4 nitrogen and oxygen atoms in total. The van der Waals surface area contributed by atoms with E-state index in [0.717, 1.165) is 18.4 Å². The SMILES string of the molecule is CCC(CC)NC(=O)C(C)S(=O)c1ccc(C)cc1N. The lowest BCUT2D eigenvalue weighted by Gasteiger charge is -2.18. The van der Waals surface area contributed by atoms with Gasteiger partial charge in [0.2, 0.25) is 5.91 Å². The molecule has 0 aliphatic carbocycles. The van der Waals surface area contributed by atoms with E-state index >= 15 is 0 Å². The molecule has 0 spiro atoms. The van der Waals surface area contributed by atoms with Crippen molar-refractivity contribution in [2.75, 3.05) is 5.73 Å². The maximum Gasteiger partial charge on any atom is 0.236 e. The van der Waals surface area contributed by atoms with E-state index in [9.17, 15) is 9.00 Å². The van der Waals surface area contributed by atoms with Crippen LogP contribution in [-0.4, -0.2) is 21.4 Å². The van der Waals surface area contributed by atoms with Crippen molar-refractivity contribution in [2.45, 2.75) is 56.7 Å². The van der Waals surface area contributed by atoms with Gasteiger partial charge in [0, 0.05) is 11.7 Å². The molecule has 1 aromatic carbocycles. The Morgan fingerprint density at radius 2 is 1.95 bits per heavy atom. The quantitative estimate of drug-likeness (QED) is 0.792. The zero-order chi connectivity index (χ0) is 15.3. The Morgan fingerprint density at radius 1 is 1.35 bits per heavy atom. The monoisotopic (exact) mass is 296 g/mol. The number of benzene rings is 1. The molecule has 0 radical (unpaired) electrons. The minimum Gasteiger partial charge on any atom is -0.398 e. The molecule has 1 rings (SSSR count). The molecular formula is C15H24N2O2S. The van der Waals surface area contributed by atoms with Crippen LogP contribution in [-0.2, 0) is 15.6 Å². The summed E-state index contributed by atoms with van der Waals surface area (Å²) in [5, 5.41) is 2.31. The van der Waals surface area contributed by atoms with Gasteiger partial charge in [-0.15, -0.1) is 0 Å². The van der Waals surface area contributed by atoms with Gasteiger partial charge >= 0.3 is 0 Å². The lowest BCUT2D eigenvalue weighted by atomic mass is 10.2. The van der Waals surface area contributed by atoms with E-state index in [2.05, 4.69) is 5.32 Å². The Kier molecular flexibility index (Phi) is 6.20. The van der Waals surface area contributed by atoms with Gasteiger partial charge in [-0.25, -0.2) is 0 Å². The van der Waals surface area contributed by atoms with Crippen LogP contribution in [0.2, 0.25) is 0 Å². The van der Waals surface area contributed by atoms with Gasteiger partial charge in [0.15, 0.2) is 0 Å². The molecule has 0 aliphatic rings. The summed E-state index contributed by atoms with van der Waals surface area (Å²) in [6, 6.07) is 5.51. The zero-order valence-electron chi connectivity index (χ0n) is 12.6. The summed E-state index contributed by atoms with van der Waals surface area (Å²) in [4.78, 5) is 12.6. The first kappa shape index (κ1) is 16.7. The van der Waals surface area contributed by atoms with Gasteiger partial charge in [-0.3, -0.25) is 9.00 Å². The highest BCUT2D eigenvalue weighted by Gasteiger charge is 2.24. The number of nitrogens with two attached hydrogens (primary N) is 1. The molecule has 0 saturated heterocycles. The third-order valence-electron chi connectivity index (χ3n) is 3.40. The van der Waals surface area contributed by atoms with Gasteiger partial charge in [0.1, 0.15) is 5.25 Å². The van der Waals surface area contributed by atoms with E-state index in [-0.39, 0.29) is 11.9 Å². The first-order chi connectivity index (χ1) is 9.40. The van der Waals surface area contributed by atoms with Gasteiger partial charge in [0.25, 0.3) is 0 Å². The summed E-state index contributed by atoms with van der Waals surface area (Å²) in [6.07, 6.45) is 1.74. The van der Waals surface area contributed by atoms with E-state index in [1.54, 1.807) is 19.1 Å². The maximum atomic E-state index is 12.4. The van der Waals surface area contributed by atoms with Crippen LogP contribution >= 0.6 is 0 Å². The molecule has 0 fully saturated rings. The fourth-order valence-corrected chi connectivity index (χ4v) is 3.09. The number of rotatable bonds is 6. The molecule has 0 aromatic heterocycles. The first-order valence-corrected chi connectivity index (χ1v) is 8.19. The van der Waals surface area contributed by atoms with Crippen LogP contribution in [0.5, 0.6) is 0 Å². The van der Waals surface area contributed by atoms with Crippen molar-refractivity contribution in [1.29, 1.82) is 0 Å². The van der Waals surface area contributed by atoms with E-state index in [0.29, 0.717) is 10.6 Å². The highest BCUT2D eigenvalue weighted by atomic mass is 32.2. The molecule has 0 aliphatic heterocycles. The van der Waals surface area contributed by atoms with Crippen LogP contribution in [0.4, 0.5) is 5.69 Å². The molecule has 0 saturated carbocycles. The summed E-state index contributed by atoms with van der Waals surface area (Å²) < 4.78 is 12.4. The number of amides is 1. The van der Waals surface area contributed by atoms with Crippen LogP contribution in [0.3, 0.4) is 0 Å². The molecule has 2 unspecified atom stereocenters. The number of aryl methyl sites for hydroxylation is 1. The molecule has 5 heteroatoms. The van der Waals surface area contributed by atoms with Crippen LogP contribution in [0, 0.1) is 6.92 Å². The minimum atomic E-state index is -1.44. The standard InChI is InChI=1S/C15H24N2O2S/c1-5-12(6-2)17-15(18)11(4)20(19)14-8-7-10(3)9-13(14)16/h7-9,11-12H,5-6,16H2,1-4H3,(H,17,18). The highest BCUT2D eigenvalue weighted by molar-refractivity contribution is 7.86. The Morgan fingerprint density at radius 3 is 2.45 bits per heavy atom. The third kappa shape index (κ3) is 4.07. The predicted molar refractivity (Wildman–Crippen MR) is 84.0 cm³/mol. The van der Waals surface area contributed by atoms with Crippen molar-refractivity contribution in [2.24, 2.45) is 0 Å². The van der Waals surface area contributed by atoms with Crippen molar-refractivity contribution in [1.82, 2.24) is 5.32 Å². The number of nitrogen functional groups attached to an aromatic ring is 1. The average Bonchev–Trinajstić information content (AvgIpc) is 2.42. The Balaban J connectivity index is 2.83. The van der Waals surface area contributed by atoms with Crippen molar-refractivity contribution in [3.8, 4) is 0 Å². The molecule has 1 aromatic rings. The second-order valence-electron chi connectivity index (χ2n) is 5.00. The van der Waals surface area contributed by atoms with Gasteiger partial charge in [-0.05, 0) is 44.4 Å². The Labute approximate surface area is 123 Å². The molecular weight excluding hydrogens is 272 g/mol. The van der Waals surface area contributed by atoms with Crippen LogP contribution in [0.25, 0.3) is 0 Å². The molecule has 0 heterocycles. The summed E-state index contributed by atoms with van der Waals surface area (Å²) >= 11 is 0. The highest BCUT2D eigenvalue weighted by Crippen LogP contribution is 2.20. The lowest BCUT2D eigenvalue weighted by Crippen LogP contribution is -2.41. The van der Waals surface area contributed by atoms with E-state index in [1.807, 2.05) is 26.8 Å². The Bertz CT molecular complexity index is 499. The molecule has 1 amide bonds. The van der Waals surface area contributed by atoms with Gasteiger partial charge < -0.3 is 11.1 Å². The van der Waals surface area contributed by atoms with E-state index in [4.69, 9.17) is 5.73 Å². The summed E-state index contributed by atoms with van der Waals surface area (Å²) in [6.45, 7) is 7.64. The predicted octanol–water partition coefficient (Wildman–Crippen LogP) is 2.38.